The molecule has 0 saturated carbocycles. The summed E-state index contributed by atoms with van der Waals surface area (Å²) in [6.07, 6.45) is -3.20. The second-order valence-corrected chi connectivity index (χ2v) is 4.60. The van der Waals surface area contributed by atoms with Gasteiger partial charge in [0.2, 0.25) is 0 Å². The Bertz CT molecular complexity index is 855. The molecule has 0 aliphatic heterocycles. The maximum atomic E-state index is 12.6. The van der Waals surface area contributed by atoms with E-state index in [9.17, 15) is 18.0 Å². The molecule has 0 aliphatic carbocycles. The molecule has 2 heterocycles. The Morgan fingerprint density at radius 1 is 1.32 bits per heavy atom. The predicted octanol–water partition coefficient (Wildman–Crippen LogP) is 2.38. The van der Waals surface area contributed by atoms with E-state index in [0.29, 0.717) is 6.07 Å². The van der Waals surface area contributed by atoms with Gasteiger partial charge in [0.25, 0.3) is 17.6 Å². The van der Waals surface area contributed by atoms with Gasteiger partial charge in [-0.25, -0.2) is 0 Å². The highest BCUT2D eigenvalue weighted by molar-refractivity contribution is 6.34. The molecule has 0 spiro atoms. The lowest BCUT2D eigenvalue weighted by Gasteiger charge is -2.09. The Morgan fingerprint density at radius 2 is 2.09 bits per heavy atom. The number of rotatable bonds is 2. The zero-order valence-electron chi connectivity index (χ0n) is 10.5. The third-order valence-corrected chi connectivity index (χ3v) is 3.09. The van der Waals surface area contributed by atoms with E-state index in [4.69, 9.17) is 11.6 Å². The molecule has 2 aromatic heterocycles. The van der Waals surface area contributed by atoms with E-state index in [-0.39, 0.29) is 22.3 Å². The Labute approximate surface area is 125 Å². The topological polar surface area (TPSA) is 88.0 Å². The highest BCUT2D eigenvalue weighted by Crippen LogP contribution is 2.32. The normalized spacial score (nSPS) is 11.8. The molecule has 0 bridgehead atoms. The van der Waals surface area contributed by atoms with Crippen LogP contribution in [0.2, 0.25) is 5.02 Å². The van der Waals surface area contributed by atoms with Crippen LogP contribution in [0.25, 0.3) is 5.78 Å². The van der Waals surface area contributed by atoms with Crippen LogP contribution in [-0.2, 0) is 6.18 Å². The van der Waals surface area contributed by atoms with Gasteiger partial charge in [0.1, 0.15) is 6.33 Å². The van der Waals surface area contributed by atoms with Crippen LogP contribution in [0.4, 0.5) is 19.1 Å². The summed E-state index contributed by atoms with van der Waals surface area (Å²) in [7, 11) is 0. The molecule has 3 aromatic rings. The lowest BCUT2D eigenvalue weighted by molar-refractivity contribution is -0.137. The van der Waals surface area contributed by atoms with Crippen molar-refractivity contribution in [2.45, 2.75) is 6.18 Å². The molecule has 7 nitrogen and oxygen atoms in total. The van der Waals surface area contributed by atoms with E-state index in [2.05, 4.69) is 25.6 Å². The Balaban J connectivity index is 1.88. The van der Waals surface area contributed by atoms with E-state index in [1.54, 1.807) is 0 Å². The van der Waals surface area contributed by atoms with Crippen molar-refractivity contribution in [1.82, 2.24) is 24.8 Å². The van der Waals surface area contributed by atoms with Crippen LogP contribution >= 0.6 is 11.6 Å². The molecule has 0 radical (unpaired) electrons. The summed E-state index contributed by atoms with van der Waals surface area (Å²) in [5.41, 5.74) is -1.06. The highest BCUT2D eigenvalue weighted by Gasteiger charge is 2.31. The molecule has 3 rings (SSSR count). The third kappa shape index (κ3) is 2.48. The maximum absolute atomic E-state index is 12.6. The van der Waals surface area contributed by atoms with Crippen LogP contribution in [0, 0.1) is 0 Å². The van der Waals surface area contributed by atoms with Crippen molar-refractivity contribution in [1.29, 1.82) is 0 Å². The molecule has 1 amide bonds. The first-order valence-electron chi connectivity index (χ1n) is 5.79. The summed E-state index contributed by atoms with van der Waals surface area (Å²) < 4.78 is 38.9. The fourth-order valence-electron chi connectivity index (χ4n) is 1.75. The summed E-state index contributed by atoms with van der Waals surface area (Å²) >= 11 is 5.74. The number of benzene rings is 1. The monoisotopic (exact) mass is 330 g/mol. The number of nitrogens with one attached hydrogen (secondary N) is 2. The van der Waals surface area contributed by atoms with Crippen LogP contribution in [-0.4, -0.2) is 30.7 Å². The number of carbonyl (C=O) groups is 1. The molecular weight excluding hydrogens is 325 g/mol. The molecule has 0 atom stereocenters. The number of H-pyrrole nitrogens is 1. The average Bonchev–Trinajstić information content (AvgIpc) is 3.02. The fraction of sp³-hybridized carbons (Fsp3) is 0.0909. The number of aromatic amines is 1. The first-order chi connectivity index (χ1) is 10.4. The van der Waals surface area contributed by atoms with Crippen LogP contribution in [0.15, 0.2) is 24.5 Å². The Hall–Kier alpha value is -2.62. The molecular formula is C11H6ClF3N6O. The number of carbonyl (C=O) groups excluding carboxylic acids is 1. The molecule has 0 fully saturated rings. The van der Waals surface area contributed by atoms with E-state index in [1.807, 2.05) is 0 Å². The largest absolute Gasteiger partial charge is 0.416 e. The van der Waals surface area contributed by atoms with Crippen molar-refractivity contribution in [3.05, 3.63) is 40.7 Å². The summed E-state index contributed by atoms with van der Waals surface area (Å²) in [6, 6.07) is 2.45. The van der Waals surface area contributed by atoms with Gasteiger partial charge in [0.15, 0.2) is 0 Å². The molecule has 114 valence electrons. The summed E-state index contributed by atoms with van der Waals surface area (Å²) in [6.45, 7) is 0. The molecule has 2 N–H and O–H groups in total. The second-order valence-electron chi connectivity index (χ2n) is 4.19. The van der Waals surface area contributed by atoms with Gasteiger partial charge in [-0.15, -0.1) is 10.2 Å². The number of fused-ring (bicyclic) bond motifs is 1. The Kier molecular flexibility index (Phi) is 3.24. The first-order valence-corrected chi connectivity index (χ1v) is 6.16. The smallest absolute Gasteiger partial charge is 0.289 e. The van der Waals surface area contributed by atoms with E-state index in [0.717, 1.165) is 12.1 Å². The van der Waals surface area contributed by atoms with Crippen LogP contribution < -0.4 is 5.32 Å². The van der Waals surface area contributed by atoms with E-state index in [1.165, 1.54) is 10.8 Å². The predicted molar refractivity (Wildman–Crippen MR) is 69.5 cm³/mol. The van der Waals surface area contributed by atoms with Gasteiger partial charge in [0, 0.05) is 0 Å². The lowest BCUT2D eigenvalue weighted by atomic mass is 10.1. The van der Waals surface area contributed by atoms with Gasteiger partial charge < -0.3 is 0 Å². The van der Waals surface area contributed by atoms with Crippen LogP contribution in [0.3, 0.4) is 0 Å². The Morgan fingerprint density at radius 3 is 2.77 bits per heavy atom. The average molecular weight is 331 g/mol. The summed E-state index contributed by atoms with van der Waals surface area (Å²) in [4.78, 5) is 15.9. The molecule has 0 saturated heterocycles. The van der Waals surface area contributed by atoms with Crippen molar-refractivity contribution in [2.24, 2.45) is 0 Å². The van der Waals surface area contributed by atoms with Gasteiger partial charge in [-0.3, -0.25) is 15.2 Å². The number of alkyl halides is 3. The molecule has 0 aliphatic rings. The van der Waals surface area contributed by atoms with Gasteiger partial charge in [-0.1, -0.05) is 11.6 Å². The van der Waals surface area contributed by atoms with E-state index < -0.39 is 17.6 Å². The van der Waals surface area contributed by atoms with Gasteiger partial charge >= 0.3 is 6.18 Å². The first kappa shape index (κ1) is 14.3. The number of anilines is 1. The third-order valence-electron chi connectivity index (χ3n) is 2.78. The number of amides is 1. The van der Waals surface area contributed by atoms with Crippen LogP contribution in [0.1, 0.15) is 15.9 Å². The fourth-order valence-corrected chi connectivity index (χ4v) is 2.01. The minimum absolute atomic E-state index is 0.0356. The number of aromatic nitrogens is 5. The number of hydrogen-bond donors (Lipinski definition) is 2. The summed E-state index contributed by atoms with van der Waals surface area (Å²) in [5.74, 6) is -0.454. The zero-order valence-corrected chi connectivity index (χ0v) is 11.3. The van der Waals surface area contributed by atoms with Crippen molar-refractivity contribution >= 4 is 29.2 Å². The highest BCUT2D eigenvalue weighted by atomic mass is 35.5. The number of halogens is 4. The lowest BCUT2D eigenvalue weighted by Crippen LogP contribution is -2.16. The molecule has 0 unspecified atom stereocenters. The molecule has 11 heteroatoms. The zero-order chi connectivity index (χ0) is 15.9. The van der Waals surface area contributed by atoms with E-state index >= 15 is 0 Å². The van der Waals surface area contributed by atoms with Crippen molar-refractivity contribution in [3.63, 3.8) is 0 Å². The minimum atomic E-state index is -4.53. The SMILES string of the molecule is O=C(Nc1nnc2nc[nH]n12)c1ccc(C(F)(F)F)cc1Cl. The van der Waals surface area contributed by atoms with Gasteiger partial charge in [-0.2, -0.15) is 22.7 Å². The van der Waals surface area contributed by atoms with Crippen molar-refractivity contribution in [2.75, 3.05) is 5.32 Å². The number of hydrogen-bond acceptors (Lipinski definition) is 4. The minimum Gasteiger partial charge on any atom is -0.289 e. The number of nitrogens with zero attached hydrogens (tertiary/aromatic N) is 4. The van der Waals surface area contributed by atoms with Crippen LogP contribution in [0.5, 0.6) is 0 Å². The quantitative estimate of drug-likeness (QED) is 0.755. The molecule has 1 aromatic carbocycles. The van der Waals surface area contributed by atoms with Crippen molar-refractivity contribution < 1.29 is 18.0 Å². The maximum Gasteiger partial charge on any atom is 0.416 e. The standard InChI is InChI=1S/C11H6ClF3N6O/c12-7-3-5(11(13,14)15)1-2-6(7)8(22)18-10-20-19-9-16-4-17-21(9)10/h1-4H,(H,16,17,19)(H,18,20,22). The molecule has 22 heavy (non-hydrogen) atoms. The van der Waals surface area contributed by atoms with Crippen molar-refractivity contribution in [3.8, 4) is 0 Å². The summed E-state index contributed by atoms with van der Waals surface area (Å²) in [5, 5.41) is 12.1. The van der Waals surface area contributed by atoms with Gasteiger partial charge in [0.05, 0.1) is 16.1 Å². The van der Waals surface area contributed by atoms with Gasteiger partial charge in [-0.05, 0) is 18.2 Å². The second kappa shape index (κ2) is 4.98.